The Morgan fingerprint density at radius 2 is 1.60 bits per heavy atom. The molecule has 3 rings (SSSR count). The topological polar surface area (TPSA) is 61.0 Å². The number of rotatable bonds is 9. The third kappa shape index (κ3) is 6.23. The molecule has 0 radical (unpaired) electrons. The summed E-state index contributed by atoms with van der Waals surface area (Å²) in [6.45, 7) is 0.298. The van der Waals surface area contributed by atoms with Crippen LogP contribution in [0.25, 0.3) is 0 Å². The summed E-state index contributed by atoms with van der Waals surface area (Å²) in [4.78, 5) is 15.7. The fraction of sp³-hybridized carbons (Fsp3) is 0.182. The lowest BCUT2D eigenvalue weighted by Gasteiger charge is -2.07. The summed E-state index contributed by atoms with van der Waals surface area (Å²) >= 11 is 0. The summed E-state index contributed by atoms with van der Waals surface area (Å²) in [5, 5.41) is 3.82. The monoisotopic (exact) mass is 417 g/mol. The summed E-state index contributed by atoms with van der Waals surface area (Å²) < 4.78 is 48.4. The van der Waals surface area contributed by atoms with Crippen LogP contribution in [0.3, 0.4) is 0 Å². The van der Waals surface area contributed by atoms with E-state index in [-0.39, 0.29) is 19.0 Å². The number of hydrogen-bond acceptors (Lipinski definition) is 5. The minimum Gasteiger partial charge on any atom is -0.486 e. The number of ether oxygens (including phenoxy) is 1. The molecular formula is C22H18F3NO4. The van der Waals surface area contributed by atoms with E-state index in [0.29, 0.717) is 29.8 Å². The second kappa shape index (κ2) is 9.78. The van der Waals surface area contributed by atoms with Crippen molar-refractivity contribution in [2.45, 2.75) is 25.8 Å². The van der Waals surface area contributed by atoms with E-state index in [0.717, 1.165) is 17.7 Å². The molecule has 8 heteroatoms. The summed E-state index contributed by atoms with van der Waals surface area (Å²) in [5.41, 5.74) is 0.876. The Hall–Kier alpha value is -3.55. The molecule has 0 fully saturated rings. The minimum atomic E-state index is -4.35. The molecule has 0 saturated carbocycles. The van der Waals surface area contributed by atoms with Crippen molar-refractivity contribution in [1.29, 1.82) is 0 Å². The van der Waals surface area contributed by atoms with Gasteiger partial charge < -0.3 is 14.0 Å². The van der Waals surface area contributed by atoms with Crippen LogP contribution in [0.5, 0.6) is 5.75 Å². The molecule has 156 valence electrons. The fourth-order valence-electron chi connectivity index (χ4n) is 2.51. The first kappa shape index (κ1) is 21.2. The normalized spacial score (nSPS) is 11.6. The summed E-state index contributed by atoms with van der Waals surface area (Å²) in [6, 6.07) is 15.3. The van der Waals surface area contributed by atoms with Gasteiger partial charge in [-0.2, -0.15) is 13.2 Å². The van der Waals surface area contributed by atoms with Crippen LogP contribution >= 0.6 is 0 Å². The number of halogens is 3. The second-order valence-electron chi connectivity index (χ2n) is 6.31. The molecule has 1 heterocycles. The fourth-order valence-corrected chi connectivity index (χ4v) is 2.51. The Balaban J connectivity index is 1.40. The number of oxime groups is 1. The van der Waals surface area contributed by atoms with Crippen molar-refractivity contribution < 1.29 is 32.0 Å². The zero-order valence-corrected chi connectivity index (χ0v) is 15.8. The van der Waals surface area contributed by atoms with E-state index in [9.17, 15) is 18.0 Å². The van der Waals surface area contributed by atoms with Gasteiger partial charge in [-0.05, 0) is 47.5 Å². The molecule has 1 aromatic heterocycles. The van der Waals surface area contributed by atoms with Crippen molar-refractivity contribution in [3.8, 4) is 5.75 Å². The van der Waals surface area contributed by atoms with Crippen molar-refractivity contribution in [1.82, 2.24) is 0 Å². The quantitative estimate of drug-likeness (QED) is 0.264. The van der Waals surface area contributed by atoms with Crippen LogP contribution in [0.15, 0.2) is 70.2 Å². The predicted octanol–water partition coefficient (Wildman–Crippen LogP) is 5.44. The number of aldehydes is 1. The first-order valence-electron chi connectivity index (χ1n) is 8.99. The van der Waals surface area contributed by atoms with Gasteiger partial charge in [-0.1, -0.05) is 29.4 Å². The standard InChI is InChI=1S/C22H18F3NO4/c23-22(24,25)18-5-1-17(2-6-18)14-29-26-12-11-16-3-7-19(8-4-16)28-15-21-10-9-20(13-27)30-21/h1-10,12-13H,11,14-15H2. The Labute approximate surface area is 170 Å². The van der Waals surface area contributed by atoms with E-state index in [1.54, 1.807) is 30.5 Å². The van der Waals surface area contributed by atoms with Crippen molar-refractivity contribution in [2.75, 3.05) is 0 Å². The smallest absolute Gasteiger partial charge is 0.416 e. The number of alkyl halides is 3. The van der Waals surface area contributed by atoms with Crippen molar-refractivity contribution in [3.63, 3.8) is 0 Å². The number of nitrogens with zero attached hydrogens (tertiary/aromatic N) is 1. The lowest BCUT2D eigenvalue weighted by atomic mass is 10.1. The van der Waals surface area contributed by atoms with E-state index in [2.05, 4.69) is 5.16 Å². The molecule has 0 N–H and O–H groups in total. The van der Waals surface area contributed by atoms with Gasteiger partial charge in [-0.25, -0.2) is 0 Å². The number of carbonyl (C=O) groups is 1. The molecule has 30 heavy (non-hydrogen) atoms. The molecule has 0 bridgehead atoms. The highest BCUT2D eigenvalue weighted by Gasteiger charge is 2.29. The summed E-state index contributed by atoms with van der Waals surface area (Å²) in [6.07, 6.45) is -1.62. The van der Waals surface area contributed by atoms with Crippen LogP contribution in [0.2, 0.25) is 0 Å². The first-order valence-corrected chi connectivity index (χ1v) is 8.99. The molecule has 0 aliphatic carbocycles. The van der Waals surface area contributed by atoms with Gasteiger partial charge in [0, 0.05) is 12.6 Å². The van der Waals surface area contributed by atoms with Crippen LogP contribution in [-0.4, -0.2) is 12.5 Å². The zero-order valence-electron chi connectivity index (χ0n) is 15.8. The second-order valence-corrected chi connectivity index (χ2v) is 6.31. The molecule has 2 aromatic carbocycles. The Morgan fingerprint density at radius 3 is 2.23 bits per heavy atom. The number of carbonyl (C=O) groups excluding carboxylic acids is 1. The van der Waals surface area contributed by atoms with Gasteiger partial charge in [-0.15, -0.1) is 0 Å². The van der Waals surface area contributed by atoms with E-state index in [1.807, 2.05) is 12.1 Å². The molecule has 0 aliphatic rings. The maximum atomic E-state index is 12.5. The van der Waals surface area contributed by atoms with Crippen molar-refractivity contribution in [2.24, 2.45) is 5.16 Å². The Kier molecular flexibility index (Phi) is 6.90. The van der Waals surface area contributed by atoms with Crippen LogP contribution in [0.4, 0.5) is 13.2 Å². The van der Waals surface area contributed by atoms with Gasteiger partial charge in [0.2, 0.25) is 0 Å². The first-order chi connectivity index (χ1) is 14.4. The van der Waals surface area contributed by atoms with Crippen LogP contribution in [0.1, 0.15) is 33.0 Å². The predicted molar refractivity (Wildman–Crippen MR) is 103 cm³/mol. The molecule has 0 atom stereocenters. The third-order valence-corrected chi connectivity index (χ3v) is 4.09. The highest BCUT2D eigenvalue weighted by atomic mass is 19.4. The zero-order chi connectivity index (χ0) is 21.4. The van der Waals surface area contributed by atoms with Gasteiger partial charge in [-0.3, -0.25) is 4.79 Å². The molecule has 5 nitrogen and oxygen atoms in total. The molecule has 0 aliphatic heterocycles. The number of hydrogen-bond donors (Lipinski definition) is 0. The highest BCUT2D eigenvalue weighted by Crippen LogP contribution is 2.29. The van der Waals surface area contributed by atoms with Gasteiger partial charge in [0.1, 0.15) is 24.7 Å². The number of furan rings is 1. The lowest BCUT2D eigenvalue weighted by Crippen LogP contribution is -2.04. The summed E-state index contributed by atoms with van der Waals surface area (Å²) in [5.74, 6) is 1.46. The maximum absolute atomic E-state index is 12.5. The molecule has 0 saturated heterocycles. The van der Waals surface area contributed by atoms with E-state index < -0.39 is 11.7 Å². The third-order valence-electron chi connectivity index (χ3n) is 4.09. The van der Waals surface area contributed by atoms with Crippen molar-refractivity contribution in [3.05, 3.63) is 88.9 Å². The van der Waals surface area contributed by atoms with Gasteiger partial charge in [0.25, 0.3) is 0 Å². The van der Waals surface area contributed by atoms with Gasteiger partial charge in [0.15, 0.2) is 12.0 Å². The van der Waals surface area contributed by atoms with E-state index in [4.69, 9.17) is 14.0 Å². The van der Waals surface area contributed by atoms with E-state index in [1.165, 1.54) is 12.1 Å². The molecule has 0 amide bonds. The molecule has 0 unspecified atom stereocenters. The summed E-state index contributed by atoms with van der Waals surface area (Å²) in [7, 11) is 0. The lowest BCUT2D eigenvalue weighted by molar-refractivity contribution is -0.137. The van der Waals surface area contributed by atoms with Gasteiger partial charge >= 0.3 is 6.18 Å². The minimum absolute atomic E-state index is 0.0833. The Morgan fingerprint density at radius 1 is 0.900 bits per heavy atom. The average Bonchev–Trinajstić information content (AvgIpc) is 3.21. The maximum Gasteiger partial charge on any atom is 0.416 e. The van der Waals surface area contributed by atoms with E-state index >= 15 is 0 Å². The average molecular weight is 417 g/mol. The molecular weight excluding hydrogens is 399 g/mol. The van der Waals surface area contributed by atoms with Gasteiger partial charge in [0.05, 0.1) is 5.56 Å². The molecule has 3 aromatic rings. The highest BCUT2D eigenvalue weighted by molar-refractivity contribution is 5.70. The van der Waals surface area contributed by atoms with Crippen LogP contribution < -0.4 is 4.74 Å². The Bertz CT molecular complexity index is 977. The SMILES string of the molecule is O=Cc1ccc(COc2ccc(CC=NOCc3ccc(C(F)(F)F)cc3)cc2)o1. The largest absolute Gasteiger partial charge is 0.486 e. The van der Waals surface area contributed by atoms with Crippen molar-refractivity contribution >= 4 is 12.5 Å². The van der Waals surface area contributed by atoms with Crippen LogP contribution in [-0.2, 0) is 30.6 Å². The van der Waals surface area contributed by atoms with Crippen LogP contribution in [0, 0.1) is 0 Å². The number of benzene rings is 2. The molecule has 0 spiro atoms.